The molecule has 0 radical (unpaired) electrons. The highest BCUT2D eigenvalue weighted by atomic mass is 32.1. The van der Waals surface area contributed by atoms with E-state index in [1.54, 1.807) is 24.3 Å². The third kappa shape index (κ3) is 2.67. The van der Waals surface area contributed by atoms with Gasteiger partial charge in [0.2, 0.25) is 0 Å². The molecule has 1 amide bonds. The molecule has 0 spiro atoms. The SMILES string of the molecule is Cc1cc(C(=O)NC[C@@H]2CCCN2c2nccs2)no1. The lowest BCUT2D eigenvalue weighted by Gasteiger charge is -2.23. The Balaban J connectivity index is 1.59. The maximum Gasteiger partial charge on any atom is 0.273 e. The highest BCUT2D eigenvalue weighted by Gasteiger charge is 2.26. The second-order valence-corrected chi connectivity index (χ2v) is 5.71. The van der Waals surface area contributed by atoms with Gasteiger partial charge in [-0.25, -0.2) is 4.98 Å². The van der Waals surface area contributed by atoms with Crippen molar-refractivity contribution >= 4 is 22.4 Å². The predicted octanol–water partition coefficient (Wildman–Crippen LogP) is 1.84. The Morgan fingerprint density at radius 2 is 2.55 bits per heavy atom. The number of nitrogens with one attached hydrogen (secondary N) is 1. The molecule has 2 aromatic rings. The fourth-order valence-electron chi connectivity index (χ4n) is 2.43. The zero-order chi connectivity index (χ0) is 13.9. The van der Waals surface area contributed by atoms with Crippen LogP contribution >= 0.6 is 11.3 Å². The van der Waals surface area contributed by atoms with Crippen molar-refractivity contribution < 1.29 is 9.32 Å². The number of carbonyl (C=O) groups is 1. The monoisotopic (exact) mass is 292 g/mol. The van der Waals surface area contributed by atoms with Crippen LogP contribution in [0.4, 0.5) is 5.13 Å². The number of hydrogen-bond donors (Lipinski definition) is 1. The molecule has 0 unspecified atom stereocenters. The van der Waals surface area contributed by atoms with Crippen molar-refractivity contribution in [2.75, 3.05) is 18.0 Å². The van der Waals surface area contributed by atoms with E-state index in [-0.39, 0.29) is 5.91 Å². The van der Waals surface area contributed by atoms with Crippen LogP contribution in [0.1, 0.15) is 29.1 Å². The smallest absolute Gasteiger partial charge is 0.273 e. The molecule has 0 bridgehead atoms. The fraction of sp³-hybridized carbons (Fsp3) is 0.462. The Kier molecular flexibility index (Phi) is 3.68. The fourth-order valence-corrected chi connectivity index (χ4v) is 3.17. The minimum atomic E-state index is -0.187. The zero-order valence-electron chi connectivity index (χ0n) is 11.2. The molecule has 0 aliphatic carbocycles. The van der Waals surface area contributed by atoms with E-state index in [9.17, 15) is 4.79 Å². The molecular formula is C13H16N4O2S. The Bertz CT molecular complexity index is 581. The van der Waals surface area contributed by atoms with Crippen molar-refractivity contribution in [1.29, 1.82) is 0 Å². The first-order valence-electron chi connectivity index (χ1n) is 6.61. The summed E-state index contributed by atoms with van der Waals surface area (Å²) in [6, 6.07) is 1.95. The van der Waals surface area contributed by atoms with E-state index in [1.807, 2.05) is 11.6 Å². The number of hydrogen-bond acceptors (Lipinski definition) is 6. The van der Waals surface area contributed by atoms with Crippen molar-refractivity contribution in [3.05, 3.63) is 29.1 Å². The quantitative estimate of drug-likeness (QED) is 0.931. The van der Waals surface area contributed by atoms with Gasteiger partial charge in [-0.15, -0.1) is 11.3 Å². The molecule has 1 atom stereocenters. The van der Waals surface area contributed by atoms with Crippen LogP contribution in [-0.4, -0.2) is 35.2 Å². The molecule has 20 heavy (non-hydrogen) atoms. The summed E-state index contributed by atoms with van der Waals surface area (Å²) >= 11 is 1.63. The number of amides is 1. The molecule has 106 valence electrons. The maximum absolute atomic E-state index is 11.9. The summed E-state index contributed by atoms with van der Waals surface area (Å²) < 4.78 is 4.91. The molecule has 7 heteroatoms. The molecule has 1 aliphatic heterocycles. The Hall–Kier alpha value is -1.89. The molecule has 1 fully saturated rings. The molecule has 1 saturated heterocycles. The molecule has 2 aromatic heterocycles. The van der Waals surface area contributed by atoms with E-state index in [1.165, 1.54) is 0 Å². The Morgan fingerprint density at radius 3 is 3.25 bits per heavy atom. The van der Waals surface area contributed by atoms with Crippen molar-refractivity contribution in [2.45, 2.75) is 25.8 Å². The molecule has 0 aromatic carbocycles. The van der Waals surface area contributed by atoms with Crippen molar-refractivity contribution in [1.82, 2.24) is 15.5 Å². The van der Waals surface area contributed by atoms with Crippen LogP contribution in [0.5, 0.6) is 0 Å². The summed E-state index contributed by atoms with van der Waals surface area (Å²) in [6.07, 6.45) is 4.01. The first-order valence-corrected chi connectivity index (χ1v) is 7.49. The van der Waals surface area contributed by atoms with Gasteiger partial charge in [0.25, 0.3) is 5.91 Å². The zero-order valence-corrected chi connectivity index (χ0v) is 12.0. The van der Waals surface area contributed by atoms with E-state index >= 15 is 0 Å². The number of thiazole rings is 1. The lowest BCUT2D eigenvalue weighted by Crippen LogP contribution is -2.40. The summed E-state index contributed by atoms with van der Waals surface area (Å²) in [6.45, 7) is 3.37. The topological polar surface area (TPSA) is 71.3 Å². The second-order valence-electron chi connectivity index (χ2n) is 4.84. The minimum Gasteiger partial charge on any atom is -0.361 e. The third-order valence-corrected chi connectivity index (χ3v) is 4.21. The lowest BCUT2D eigenvalue weighted by atomic mass is 10.2. The van der Waals surface area contributed by atoms with Gasteiger partial charge >= 0.3 is 0 Å². The summed E-state index contributed by atoms with van der Waals surface area (Å²) in [5.74, 6) is 0.452. The largest absolute Gasteiger partial charge is 0.361 e. The minimum absolute atomic E-state index is 0.187. The van der Waals surface area contributed by atoms with E-state index in [0.717, 1.165) is 24.5 Å². The van der Waals surface area contributed by atoms with E-state index in [2.05, 4.69) is 20.4 Å². The van der Waals surface area contributed by atoms with Crippen LogP contribution in [0.15, 0.2) is 22.2 Å². The van der Waals surface area contributed by atoms with Gasteiger partial charge in [0, 0.05) is 36.8 Å². The Labute approximate surface area is 120 Å². The Morgan fingerprint density at radius 1 is 1.65 bits per heavy atom. The van der Waals surface area contributed by atoms with Crippen LogP contribution in [0, 0.1) is 6.92 Å². The first-order chi connectivity index (χ1) is 9.74. The van der Waals surface area contributed by atoms with E-state index < -0.39 is 0 Å². The number of carbonyl (C=O) groups excluding carboxylic acids is 1. The van der Waals surface area contributed by atoms with Gasteiger partial charge in [0.15, 0.2) is 10.8 Å². The third-order valence-electron chi connectivity index (χ3n) is 3.40. The molecular weight excluding hydrogens is 276 g/mol. The van der Waals surface area contributed by atoms with Gasteiger partial charge in [-0.3, -0.25) is 4.79 Å². The van der Waals surface area contributed by atoms with Crippen LogP contribution in [0.25, 0.3) is 0 Å². The summed E-state index contributed by atoms with van der Waals surface area (Å²) in [4.78, 5) is 18.5. The van der Waals surface area contributed by atoms with Gasteiger partial charge in [-0.1, -0.05) is 5.16 Å². The predicted molar refractivity (Wildman–Crippen MR) is 76.1 cm³/mol. The van der Waals surface area contributed by atoms with Crippen molar-refractivity contribution in [3.8, 4) is 0 Å². The standard InChI is InChI=1S/C13H16N4O2S/c1-9-7-11(16-19-9)12(18)15-8-10-3-2-5-17(10)13-14-4-6-20-13/h4,6-7,10H,2-3,5,8H2,1H3,(H,15,18)/t10-/m0/s1. The molecule has 3 rings (SSSR count). The average molecular weight is 292 g/mol. The number of anilines is 1. The maximum atomic E-state index is 11.9. The lowest BCUT2D eigenvalue weighted by molar-refractivity contribution is 0.0942. The number of nitrogens with zero attached hydrogens (tertiary/aromatic N) is 3. The van der Waals surface area contributed by atoms with Gasteiger partial charge in [-0.05, 0) is 19.8 Å². The van der Waals surface area contributed by atoms with Crippen molar-refractivity contribution in [2.24, 2.45) is 0 Å². The van der Waals surface area contributed by atoms with E-state index in [4.69, 9.17) is 4.52 Å². The van der Waals surface area contributed by atoms with Crippen LogP contribution < -0.4 is 10.2 Å². The highest BCUT2D eigenvalue weighted by molar-refractivity contribution is 7.13. The molecule has 1 N–H and O–H groups in total. The van der Waals surface area contributed by atoms with Gasteiger partial charge in [0.05, 0.1) is 0 Å². The summed E-state index contributed by atoms with van der Waals surface area (Å²) in [7, 11) is 0. The van der Waals surface area contributed by atoms with Crippen LogP contribution in [-0.2, 0) is 0 Å². The van der Waals surface area contributed by atoms with Gasteiger partial charge < -0.3 is 14.7 Å². The summed E-state index contributed by atoms with van der Waals surface area (Å²) in [5, 5.41) is 9.64. The normalized spacial score (nSPS) is 18.4. The van der Waals surface area contributed by atoms with E-state index in [0.29, 0.717) is 24.0 Å². The average Bonchev–Trinajstić information content (AvgIpc) is 3.16. The van der Waals surface area contributed by atoms with Crippen LogP contribution in [0.3, 0.4) is 0 Å². The van der Waals surface area contributed by atoms with Crippen LogP contribution in [0.2, 0.25) is 0 Å². The number of aromatic nitrogens is 2. The molecule has 3 heterocycles. The van der Waals surface area contributed by atoms with Crippen molar-refractivity contribution in [3.63, 3.8) is 0 Å². The first kappa shape index (κ1) is 13.1. The highest BCUT2D eigenvalue weighted by Crippen LogP contribution is 2.26. The van der Waals surface area contributed by atoms with Gasteiger partial charge in [0.1, 0.15) is 5.76 Å². The number of aryl methyl sites for hydroxylation is 1. The molecule has 0 saturated carbocycles. The summed E-state index contributed by atoms with van der Waals surface area (Å²) in [5.41, 5.74) is 0.335. The molecule has 1 aliphatic rings. The molecule has 6 nitrogen and oxygen atoms in total. The van der Waals surface area contributed by atoms with Gasteiger partial charge in [-0.2, -0.15) is 0 Å². The second kappa shape index (κ2) is 5.62. The number of rotatable bonds is 4.